The van der Waals surface area contributed by atoms with Gasteiger partial charge in [0.1, 0.15) is 11.5 Å². The van der Waals surface area contributed by atoms with Crippen molar-refractivity contribution in [2.45, 2.75) is 26.2 Å². The number of aromatic nitrogens is 2. The quantitative estimate of drug-likeness (QED) is 0.818. The molecule has 0 spiro atoms. The molecule has 0 saturated heterocycles. The number of rotatable bonds is 6. The SMILES string of the molecule is CSCCCNC(=O)c1nc(C(C)C)ncc1Cl. The molecule has 0 aliphatic heterocycles. The summed E-state index contributed by atoms with van der Waals surface area (Å²) in [5.74, 6) is 1.60. The molecule has 1 N–H and O–H groups in total. The number of carbonyl (C=O) groups is 1. The van der Waals surface area contributed by atoms with Gasteiger partial charge in [0, 0.05) is 12.5 Å². The summed E-state index contributed by atoms with van der Waals surface area (Å²) in [5, 5.41) is 3.11. The van der Waals surface area contributed by atoms with Gasteiger partial charge >= 0.3 is 0 Å². The first kappa shape index (κ1) is 15.2. The van der Waals surface area contributed by atoms with E-state index in [4.69, 9.17) is 11.6 Å². The zero-order chi connectivity index (χ0) is 13.5. The molecular weight excluding hydrogens is 270 g/mol. The van der Waals surface area contributed by atoms with Crippen molar-refractivity contribution >= 4 is 29.3 Å². The first-order chi connectivity index (χ1) is 8.56. The normalized spacial score (nSPS) is 10.7. The molecule has 1 aromatic rings. The highest BCUT2D eigenvalue weighted by molar-refractivity contribution is 7.98. The number of halogens is 1. The highest BCUT2D eigenvalue weighted by atomic mass is 35.5. The maximum atomic E-state index is 11.9. The fraction of sp³-hybridized carbons (Fsp3) is 0.583. The molecule has 0 radical (unpaired) electrons. The molecule has 0 aromatic carbocycles. The zero-order valence-electron chi connectivity index (χ0n) is 10.9. The monoisotopic (exact) mass is 287 g/mol. The lowest BCUT2D eigenvalue weighted by molar-refractivity contribution is 0.0948. The van der Waals surface area contributed by atoms with E-state index in [-0.39, 0.29) is 17.5 Å². The fourth-order valence-electron chi connectivity index (χ4n) is 1.32. The Morgan fingerprint density at radius 3 is 2.89 bits per heavy atom. The molecule has 0 fully saturated rings. The molecule has 0 unspecified atom stereocenters. The fourth-order valence-corrected chi connectivity index (χ4v) is 1.93. The Morgan fingerprint density at radius 1 is 1.56 bits per heavy atom. The minimum atomic E-state index is -0.231. The predicted octanol–water partition coefficient (Wildman–Crippen LogP) is 2.74. The summed E-state index contributed by atoms with van der Waals surface area (Å²) in [5.41, 5.74) is 0.263. The molecule has 0 bridgehead atoms. The van der Waals surface area contributed by atoms with Crippen LogP contribution >= 0.6 is 23.4 Å². The molecule has 1 heterocycles. The Balaban J connectivity index is 2.69. The van der Waals surface area contributed by atoms with Crippen LogP contribution in [-0.4, -0.2) is 34.4 Å². The number of hydrogen-bond donors (Lipinski definition) is 1. The maximum Gasteiger partial charge on any atom is 0.271 e. The molecule has 0 atom stereocenters. The highest BCUT2D eigenvalue weighted by Gasteiger charge is 2.14. The Hall–Kier alpha value is -0.810. The summed E-state index contributed by atoms with van der Waals surface area (Å²) in [6, 6.07) is 0. The van der Waals surface area contributed by atoms with Gasteiger partial charge in [-0.3, -0.25) is 4.79 Å². The summed E-state index contributed by atoms with van der Waals surface area (Å²) < 4.78 is 0. The van der Waals surface area contributed by atoms with Crippen molar-refractivity contribution in [3.05, 3.63) is 22.7 Å². The second-order valence-corrected chi connectivity index (χ2v) is 5.57. The summed E-state index contributed by atoms with van der Waals surface area (Å²) in [4.78, 5) is 20.2. The van der Waals surface area contributed by atoms with E-state index in [0.717, 1.165) is 12.2 Å². The van der Waals surface area contributed by atoms with Gasteiger partial charge in [-0.1, -0.05) is 25.4 Å². The molecule has 100 valence electrons. The first-order valence-corrected chi connectivity index (χ1v) is 7.63. The molecule has 1 aromatic heterocycles. The van der Waals surface area contributed by atoms with Crippen LogP contribution in [0.2, 0.25) is 5.02 Å². The summed E-state index contributed by atoms with van der Waals surface area (Å²) >= 11 is 7.70. The van der Waals surface area contributed by atoms with E-state index in [2.05, 4.69) is 15.3 Å². The van der Waals surface area contributed by atoms with Crippen molar-refractivity contribution in [3.63, 3.8) is 0 Å². The highest BCUT2D eigenvalue weighted by Crippen LogP contribution is 2.16. The van der Waals surface area contributed by atoms with Crippen molar-refractivity contribution in [3.8, 4) is 0 Å². The van der Waals surface area contributed by atoms with Crippen LogP contribution < -0.4 is 5.32 Å². The molecule has 1 amide bonds. The first-order valence-electron chi connectivity index (χ1n) is 5.85. The van der Waals surface area contributed by atoms with E-state index in [1.165, 1.54) is 6.20 Å². The number of nitrogens with one attached hydrogen (secondary N) is 1. The van der Waals surface area contributed by atoms with Crippen LogP contribution in [0, 0.1) is 0 Å². The van der Waals surface area contributed by atoms with Crippen molar-refractivity contribution in [2.75, 3.05) is 18.6 Å². The smallest absolute Gasteiger partial charge is 0.271 e. The van der Waals surface area contributed by atoms with Crippen LogP contribution in [0.4, 0.5) is 0 Å². The average Bonchev–Trinajstić information content (AvgIpc) is 2.34. The van der Waals surface area contributed by atoms with Crippen LogP contribution in [0.1, 0.15) is 42.5 Å². The molecular formula is C12H18ClN3OS. The second kappa shape index (κ2) is 7.59. The van der Waals surface area contributed by atoms with Crippen LogP contribution in [0.5, 0.6) is 0 Å². The van der Waals surface area contributed by atoms with Crippen LogP contribution in [0.15, 0.2) is 6.20 Å². The molecule has 18 heavy (non-hydrogen) atoms. The van der Waals surface area contributed by atoms with Gasteiger partial charge in [0.2, 0.25) is 0 Å². The van der Waals surface area contributed by atoms with E-state index in [1.54, 1.807) is 11.8 Å². The Morgan fingerprint density at radius 2 is 2.28 bits per heavy atom. The van der Waals surface area contributed by atoms with Crippen LogP contribution in [0.25, 0.3) is 0 Å². The molecule has 0 aliphatic carbocycles. The molecule has 6 heteroatoms. The third kappa shape index (κ3) is 4.46. The number of amides is 1. The third-order valence-corrected chi connectivity index (χ3v) is 3.28. The molecule has 0 aliphatic rings. The van der Waals surface area contributed by atoms with Gasteiger partial charge < -0.3 is 5.32 Å². The Kier molecular flexibility index (Phi) is 6.43. The van der Waals surface area contributed by atoms with E-state index in [9.17, 15) is 4.79 Å². The second-order valence-electron chi connectivity index (χ2n) is 4.18. The largest absolute Gasteiger partial charge is 0.351 e. The predicted molar refractivity (Wildman–Crippen MR) is 76.5 cm³/mol. The van der Waals surface area contributed by atoms with Gasteiger partial charge in [-0.15, -0.1) is 0 Å². The van der Waals surface area contributed by atoms with Gasteiger partial charge in [-0.05, 0) is 18.4 Å². The van der Waals surface area contributed by atoms with Gasteiger partial charge in [0.15, 0.2) is 0 Å². The van der Waals surface area contributed by atoms with Gasteiger partial charge in [0.25, 0.3) is 5.91 Å². The lowest BCUT2D eigenvalue weighted by Crippen LogP contribution is -2.26. The summed E-state index contributed by atoms with van der Waals surface area (Å²) in [6.45, 7) is 4.59. The summed E-state index contributed by atoms with van der Waals surface area (Å²) in [7, 11) is 0. The number of carbonyl (C=O) groups excluding carboxylic acids is 1. The molecule has 1 rings (SSSR count). The Bertz CT molecular complexity index is 412. The maximum absolute atomic E-state index is 11.9. The number of hydrogen-bond acceptors (Lipinski definition) is 4. The van der Waals surface area contributed by atoms with Gasteiger partial charge in [-0.25, -0.2) is 9.97 Å². The zero-order valence-corrected chi connectivity index (χ0v) is 12.4. The number of thioether (sulfide) groups is 1. The lowest BCUT2D eigenvalue weighted by atomic mass is 10.2. The number of nitrogens with zero attached hydrogens (tertiary/aromatic N) is 2. The minimum absolute atomic E-state index is 0.172. The molecule has 0 saturated carbocycles. The van der Waals surface area contributed by atoms with E-state index in [0.29, 0.717) is 17.4 Å². The third-order valence-electron chi connectivity index (χ3n) is 2.31. The lowest BCUT2D eigenvalue weighted by Gasteiger charge is -2.08. The van der Waals surface area contributed by atoms with Crippen LogP contribution in [-0.2, 0) is 0 Å². The summed E-state index contributed by atoms with van der Waals surface area (Å²) in [6.07, 6.45) is 4.46. The van der Waals surface area contributed by atoms with Crippen molar-refractivity contribution in [1.82, 2.24) is 15.3 Å². The van der Waals surface area contributed by atoms with Crippen molar-refractivity contribution in [1.29, 1.82) is 0 Å². The van der Waals surface area contributed by atoms with Gasteiger partial charge in [-0.2, -0.15) is 11.8 Å². The van der Waals surface area contributed by atoms with E-state index in [1.807, 2.05) is 20.1 Å². The topological polar surface area (TPSA) is 54.9 Å². The minimum Gasteiger partial charge on any atom is -0.351 e. The van der Waals surface area contributed by atoms with Crippen LogP contribution in [0.3, 0.4) is 0 Å². The Labute approximate surface area is 117 Å². The van der Waals surface area contributed by atoms with E-state index < -0.39 is 0 Å². The van der Waals surface area contributed by atoms with E-state index >= 15 is 0 Å². The standard InChI is InChI=1S/C12H18ClN3OS/c1-8(2)11-15-7-9(13)10(16-11)12(17)14-5-4-6-18-3/h7-8H,4-6H2,1-3H3,(H,14,17). The average molecular weight is 288 g/mol. The van der Waals surface area contributed by atoms with Crippen molar-refractivity contribution in [2.24, 2.45) is 0 Å². The molecule has 4 nitrogen and oxygen atoms in total. The van der Waals surface area contributed by atoms with Crippen molar-refractivity contribution < 1.29 is 4.79 Å². The van der Waals surface area contributed by atoms with Gasteiger partial charge in [0.05, 0.1) is 11.2 Å².